The van der Waals surface area contributed by atoms with Gasteiger partial charge in [0.2, 0.25) is 0 Å². The molecule has 1 N–H and O–H groups in total. The summed E-state index contributed by atoms with van der Waals surface area (Å²) < 4.78 is 0. The Labute approximate surface area is 145 Å². The van der Waals surface area contributed by atoms with Crippen molar-refractivity contribution in [3.05, 3.63) is 35.4 Å². The van der Waals surface area contributed by atoms with Crippen LogP contribution < -0.4 is 0 Å². The van der Waals surface area contributed by atoms with Gasteiger partial charge >= 0.3 is 0 Å². The molecule has 2 heterocycles. The van der Waals surface area contributed by atoms with Crippen LogP contribution in [0.5, 0.6) is 0 Å². The zero-order valence-electron chi connectivity index (χ0n) is 14.8. The van der Waals surface area contributed by atoms with Gasteiger partial charge in [-0.3, -0.25) is 9.69 Å². The standard InChI is InChI=1S/C20H30N2O2/c1-16-3-2-10-22(13-16)20(24)19-6-4-17(5-7-19)14-21-11-8-18(15-23)9-12-21/h4-7,16,18,23H,2-3,8-15H2,1H3. The maximum Gasteiger partial charge on any atom is 0.253 e. The predicted octanol–water partition coefficient (Wildman–Crippen LogP) is 2.76. The van der Waals surface area contributed by atoms with Gasteiger partial charge in [-0.2, -0.15) is 0 Å². The molecule has 0 radical (unpaired) electrons. The summed E-state index contributed by atoms with van der Waals surface area (Å²) >= 11 is 0. The number of carbonyl (C=O) groups is 1. The van der Waals surface area contributed by atoms with Gasteiger partial charge in [-0.05, 0) is 68.3 Å². The van der Waals surface area contributed by atoms with E-state index in [1.807, 2.05) is 17.0 Å². The molecular formula is C20H30N2O2. The molecule has 24 heavy (non-hydrogen) atoms. The number of rotatable bonds is 4. The van der Waals surface area contributed by atoms with Crippen LogP contribution in [0.25, 0.3) is 0 Å². The number of hydrogen-bond acceptors (Lipinski definition) is 3. The molecule has 1 atom stereocenters. The van der Waals surface area contributed by atoms with E-state index in [0.717, 1.165) is 57.5 Å². The minimum Gasteiger partial charge on any atom is -0.396 e. The summed E-state index contributed by atoms with van der Waals surface area (Å²) in [5, 5.41) is 9.22. The summed E-state index contributed by atoms with van der Waals surface area (Å²) in [5.41, 5.74) is 2.08. The second-order valence-corrected chi connectivity index (χ2v) is 7.60. The van der Waals surface area contributed by atoms with Crippen molar-refractivity contribution >= 4 is 5.91 Å². The number of hydrogen-bond donors (Lipinski definition) is 1. The van der Waals surface area contributed by atoms with Crippen molar-refractivity contribution in [2.24, 2.45) is 11.8 Å². The van der Waals surface area contributed by atoms with E-state index < -0.39 is 0 Å². The van der Waals surface area contributed by atoms with Gasteiger partial charge in [-0.1, -0.05) is 19.1 Å². The maximum absolute atomic E-state index is 12.6. The highest BCUT2D eigenvalue weighted by Gasteiger charge is 2.22. The van der Waals surface area contributed by atoms with Crippen LogP contribution in [0.2, 0.25) is 0 Å². The average molecular weight is 330 g/mol. The van der Waals surface area contributed by atoms with Gasteiger partial charge in [0.25, 0.3) is 5.91 Å². The minimum atomic E-state index is 0.178. The fourth-order valence-electron chi connectivity index (χ4n) is 3.89. The molecule has 0 saturated carbocycles. The van der Waals surface area contributed by atoms with Crippen LogP contribution in [-0.2, 0) is 6.54 Å². The van der Waals surface area contributed by atoms with Crippen LogP contribution in [0.3, 0.4) is 0 Å². The van der Waals surface area contributed by atoms with Crippen LogP contribution in [0.1, 0.15) is 48.5 Å². The topological polar surface area (TPSA) is 43.8 Å². The summed E-state index contributed by atoms with van der Waals surface area (Å²) in [7, 11) is 0. The van der Waals surface area contributed by atoms with Gasteiger partial charge in [-0.15, -0.1) is 0 Å². The van der Waals surface area contributed by atoms with Crippen LogP contribution in [0.15, 0.2) is 24.3 Å². The Kier molecular flexibility index (Phi) is 5.90. The first-order valence-electron chi connectivity index (χ1n) is 9.37. The summed E-state index contributed by atoms with van der Waals surface area (Å²) in [6.07, 6.45) is 4.52. The van der Waals surface area contributed by atoms with Crippen LogP contribution in [0.4, 0.5) is 0 Å². The lowest BCUT2D eigenvalue weighted by Crippen LogP contribution is -2.39. The number of nitrogens with zero attached hydrogens (tertiary/aromatic N) is 2. The van der Waals surface area contributed by atoms with E-state index in [2.05, 4.69) is 24.0 Å². The third-order valence-electron chi connectivity index (χ3n) is 5.52. The molecule has 0 spiro atoms. The summed E-state index contributed by atoms with van der Waals surface area (Å²) in [5.74, 6) is 1.27. The van der Waals surface area contributed by atoms with E-state index in [4.69, 9.17) is 0 Å². The van der Waals surface area contributed by atoms with Crippen molar-refractivity contribution in [1.82, 2.24) is 9.80 Å². The largest absolute Gasteiger partial charge is 0.396 e. The molecule has 0 aromatic heterocycles. The number of aliphatic hydroxyl groups excluding tert-OH is 1. The highest BCUT2D eigenvalue weighted by molar-refractivity contribution is 5.94. The van der Waals surface area contributed by atoms with E-state index in [1.54, 1.807) is 0 Å². The van der Waals surface area contributed by atoms with Crippen molar-refractivity contribution in [3.8, 4) is 0 Å². The van der Waals surface area contributed by atoms with Crippen molar-refractivity contribution in [3.63, 3.8) is 0 Å². The van der Waals surface area contributed by atoms with Gasteiger partial charge in [0.1, 0.15) is 0 Å². The van der Waals surface area contributed by atoms with Crippen LogP contribution in [-0.4, -0.2) is 53.6 Å². The Balaban J connectivity index is 1.54. The summed E-state index contributed by atoms with van der Waals surface area (Å²) in [6.45, 7) is 7.37. The highest BCUT2D eigenvalue weighted by Crippen LogP contribution is 2.20. The first-order valence-corrected chi connectivity index (χ1v) is 9.37. The van der Waals surface area contributed by atoms with E-state index in [-0.39, 0.29) is 5.91 Å². The number of carbonyl (C=O) groups excluding carboxylic acids is 1. The SMILES string of the molecule is CC1CCCN(C(=O)c2ccc(CN3CCC(CO)CC3)cc2)C1. The van der Waals surface area contributed by atoms with Crippen molar-refractivity contribution in [2.75, 3.05) is 32.8 Å². The number of aliphatic hydroxyl groups is 1. The lowest BCUT2D eigenvalue weighted by molar-refractivity contribution is 0.0683. The Morgan fingerprint density at radius 1 is 1.12 bits per heavy atom. The molecular weight excluding hydrogens is 300 g/mol. The molecule has 1 unspecified atom stereocenters. The first kappa shape index (κ1) is 17.4. The molecule has 1 aromatic carbocycles. The van der Waals surface area contributed by atoms with Crippen molar-refractivity contribution in [2.45, 2.75) is 39.2 Å². The average Bonchev–Trinajstić information content (AvgIpc) is 2.62. The molecule has 2 saturated heterocycles. The molecule has 2 aliphatic heterocycles. The zero-order chi connectivity index (χ0) is 16.9. The van der Waals surface area contributed by atoms with E-state index in [0.29, 0.717) is 18.4 Å². The lowest BCUT2D eigenvalue weighted by atomic mass is 9.97. The molecule has 4 nitrogen and oxygen atoms in total. The normalized spacial score (nSPS) is 23.4. The zero-order valence-corrected chi connectivity index (χ0v) is 14.8. The molecule has 0 bridgehead atoms. The smallest absolute Gasteiger partial charge is 0.253 e. The maximum atomic E-state index is 12.6. The highest BCUT2D eigenvalue weighted by atomic mass is 16.3. The van der Waals surface area contributed by atoms with Gasteiger partial charge in [0.15, 0.2) is 0 Å². The number of piperidine rings is 2. The van der Waals surface area contributed by atoms with Gasteiger partial charge < -0.3 is 10.0 Å². The minimum absolute atomic E-state index is 0.178. The Hall–Kier alpha value is -1.39. The fourth-order valence-corrected chi connectivity index (χ4v) is 3.89. The Bertz CT molecular complexity index is 535. The van der Waals surface area contributed by atoms with Crippen molar-refractivity contribution in [1.29, 1.82) is 0 Å². The second-order valence-electron chi connectivity index (χ2n) is 7.60. The molecule has 4 heteroatoms. The van der Waals surface area contributed by atoms with Crippen molar-refractivity contribution < 1.29 is 9.90 Å². The lowest BCUT2D eigenvalue weighted by Gasteiger charge is -2.31. The first-order chi connectivity index (χ1) is 11.7. The van der Waals surface area contributed by atoms with E-state index in [1.165, 1.54) is 12.0 Å². The van der Waals surface area contributed by atoms with E-state index in [9.17, 15) is 9.90 Å². The molecule has 2 fully saturated rings. The summed E-state index contributed by atoms with van der Waals surface area (Å²) in [4.78, 5) is 17.1. The molecule has 3 rings (SSSR count). The molecule has 1 amide bonds. The molecule has 1 aromatic rings. The summed E-state index contributed by atoms with van der Waals surface area (Å²) in [6, 6.07) is 8.16. The van der Waals surface area contributed by atoms with E-state index >= 15 is 0 Å². The second kappa shape index (κ2) is 8.13. The predicted molar refractivity (Wildman–Crippen MR) is 95.8 cm³/mol. The molecule has 132 valence electrons. The van der Waals surface area contributed by atoms with Crippen LogP contribution in [0, 0.1) is 11.8 Å². The number of likely N-dealkylation sites (tertiary alicyclic amines) is 2. The fraction of sp³-hybridized carbons (Fsp3) is 0.650. The van der Waals surface area contributed by atoms with Gasteiger partial charge in [0, 0.05) is 31.8 Å². The third kappa shape index (κ3) is 4.37. The van der Waals surface area contributed by atoms with Gasteiger partial charge in [0.05, 0.1) is 0 Å². The number of amides is 1. The monoisotopic (exact) mass is 330 g/mol. The molecule has 0 aliphatic carbocycles. The van der Waals surface area contributed by atoms with Gasteiger partial charge in [-0.25, -0.2) is 0 Å². The third-order valence-corrected chi connectivity index (χ3v) is 5.52. The Morgan fingerprint density at radius 2 is 1.83 bits per heavy atom. The van der Waals surface area contributed by atoms with Crippen LogP contribution >= 0.6 is 0 Å². The quantitative estimate of drug-likeness (QED) is 0.923. The Morgan fingerprint density at radius 3 is 2.46 bits per heavy atom. The molecule has 2 aliphatic rings. The number of benzene rings is 1.